The minimum atomic E-state index is -3.58. The van der Waals surface area contributed by atoms with Gasteiger partial charge in [0.15, 0.2) is 6.04 Å². The monoisotopic (exact) mass is 407 g/mol. The molecular formula is C16H17N5O6S. The summed E-state index contributed by atoms with van der Waals surface area (Å²) in [6.45, 7) is -0.304. The van der Waals surface area contributed by atoms with E-state index in [4.69, 9.17) is 0 Å². The second-order valence-corrected chi connectivity index (χ2v) is 8.33. The first-order valence-corrected chi connectivity index (χ1v) is 10.1. The number of nitrogens with one attached hydrogen (secondary N) is 5. The highest BCUT2D eigenvalue weighted by Crippen LogP contribution is 2.29. The van der Waals surface area contributed by atoms with Crippen LogP contribution >= 0.6 is 0 Å². The molecule has 0 aromatic rings. The van der Waals surface area contributed by atoms with Crippen LogP contribution in [0.25, 0.3) is 0 Å². The van der Waals surface area contributed by atoms with Crippen molar-refractivity contribution in [3.05, 3.63) is 23.8 Å². The topological polar surface area (TPSA) is 163 Å². The summed E-state index contributed by atoms with van der Waals surface area (Å²) in [6.07, 6.45) is 6.20. The highest BCUT2D eigenvalue weighted by Gasteiger charge is 2.51. The van der Waals surface area contributed by atoms with E-state index in [1.54, 1.807) is 18.2 Å². The van der Waals surface area contributed by atoms with E-state index in [-0.39, 0.29) is 6.54 Å². The van der Waals surface area contributed by atoms with Crippen LogP contribution in [0.3, 0.4) is 0 Å². The lowest BCUT2D eigenvalue weighted by Crippen LogP contribution is -2.59. The summed E-state index contributed by atoms with van der Waals surface area (Å²) in [5.41, 5.74) is -0.910. The molecule has 6 amide bonds. The Balaban J connectivity index is 1.75. The lowest BCUT2D eigenvalue weighted by molar-refractivity contribution is -0.125. The molecule has 2 aliphatic heterocycles. The van der Waals surface area contributed by atoms with Crippen molar-refractivity contribution in [3.63, 3.8) is 0 Å². The van der Waals surface area contributed by atoms with Gasteiger partial charge < -0.3 is 10.6 Å². The molecule has 11 nitrogen and oxygen atoms in total. The van der Waals surface area contributed by atoms with Gasteiger partial charge in [-0.05, 0) is 6.42 Å². The molecule has 3 aliphatic rings. The highest BCUT2D eigenvalue weighted by atomic mass is 32.2. The minimum absolute atomic E-state index is 0.295. The molecule has 28 heavy (non-hydrogen) atoms. The van der Waals surface area contributed by atoms with E-state index >= 15 is 0 Å². The van der Waals surface area contributed by atoms with E-state index in [0.717, 1.165) is 6.26 Å². The average Bonchev–Trinajstić information content (AvgIpc) is 3.09. The summed E-state index contributed by atoms with van der Waals surface area (Å²) < 4.78 is 25.2. The number of amides is 6. The van der Waals surface area contributed by atoms with Crippen molar-refractivity contribution in [2.75, 3.05) is 12.8 Å². The molecule has 5 N–H and O–H groups in total. The Kier molecular flexibility index (Phi) is 4.97. The Morgan fingerprint density at radius 1 is 1.21 bits per heavy atom. The highest BCUT2D eigenvalue weighted by molar-refractivity contribution is 7.88. The lowest BCUT2D eigenvalue weighted by atomic mass is 9.79. The van der Waals surface area contributed by atoms with Crippen LogP contribution < -0.4 is 26.0 Å². The molecule has 1 aliphatic carbocycles. The van der Waals surface area contributed by atoms with Gasteiger partial charge in [-0.25, -0.2) is 22.7 Å². The predicted octanol–water partition coefficient (Wildman–Crippen LogP) is -2.17. The molecule has 0 aromatic carbocycles. The number of hydrogen-bond donors (Lipinski definition) is 5. The molecule has 12 heteroatoms. The molecule has 0 radical (unpaired) electrons. The summed E-state index contributed by atoms with van der Waals surface area (Å²) in [5.74, 6) is 3.71. The van der Waals surface area contributed by atoms with Gasteiger partial charge in [0.2, 0.25) is 10.0 Å². The van der Waals surface area contributed by atoms with Crippen LogP contribution in [0.2, 0.25) is 0 Å². The van der Waals surface area contributed by atoms with Crippen molar-refractivity contribution in [2.24, 2.45) is 5.92 Å². The Hall–Kier alpha value is -3.17. The molecule has 0 bridgehead atoms. The van der Waals surface area contributed by atoms with E-state index in [9.17, 15) is 27.6 Å². The molecule has 2 fully saturated rings. The number of urea groups is 2. The van der Waals surface area contributed by atoms with Crippen LogP contribution in [0.4, 0.5) is 9.59 Å². The fourth-order valence-corrected chi connectivity index (χ4v) is 3.51. The molecule has 3 unspecified atom stereocenters. The van der Waals surface area contributed by atoms with Crippen molar-refractivity contribution in [1.29, 1.82) is 0 Å². The van der Waals surface area contributed by atoms with Gasteiger partial charge in [0.25, 0.3) is 11.8 Å². The number of rotatable bonds is 4. The molecular weight excluding hydrogens is 390 g/mol. The van der Waals surface area contributed by atoms with Crippen LogP contribution in [0.5, 0.6) is 0 Å². The van der Waals surface area contributed by atoms with Gasteiger partial charge in [-0.1, -0.05) is 30.1 Å². The maximum Gasteiger partial charge on any atom is 0.322 e. The zero-order valence-electron chi connectivity index (χ0n) is 14.7. The zero-order valence-corrected chi connectivity index (χ0v) is 15.5. The molecule has 2 saturated heterocycles. The third-order valence-corrected chi connectivity index (χ3v) is 5.12. The predicted molar refractivity (Wildman–Crippen MR) is 95.8 cm³/mol. The van der Waals surface area contributed by atoms with Crippen molar-refractivity contribution in [3.8, 4) is 11.8 Å². The Bertz CT molecular complexity index is 989. The Morgan fingerprint density at radius 3 is 2.46 bits per heavy atom. The van der Waals surface area contributed by atoms with Crippen LogP contribution in [-0.2, 0) is 19.6 Å². The van der Waals surface area contributed by atoms with Crippen molar-refractivity contribution in [2.45, 2.75) is 18.0 Å². The van der Waals surface area contributed by atoms with Gasteiger partial charge in [-0.2, -0.15) is 0 Å². The maximum absolute atomic E-state index is 12.4. The fourth-order valence-electron chi connectivity index (χ4n) is 3.02. The molecule has 3 atom stereocenters. The fraction of sp³-hybridized carbons (Fsp3) is 0.375. The number of carbonyl (C=O) groups excluding carboxylic acids is 4. The number of carbonyl (C=O) groups is 4. The summed E-state index contributed by atoms with van der Waals surface area (Å²) in [7, 11) is -3.58. The first kappa shape index (κ1) is 19.6. The van der Waals surface area contributed by atoms with E-state index in [0.29, 0.717) is 12.0 Å². The molecule has 0 spiro atoms. The first-order valence-electron chi connectivity index (χ1n) is 8.18. The summed E-state index contributed by atoms with van der Waals surface area (Å²) in [4.78, 5) is 46.6. The largest absolute Gasteiger partial charge is 0.322 e. The van der Waals surface area contributed by atoms with Crippen LogP contribution in [0.1, 0.15) is 6.42 Å². The minimum Gasteiger partial charge on any atom is -0.321 e. The third kappa shape index (κ3) is 4.05. The number of allylic oxidation sites excluding steroid dienone is 3. The third-order valence-electron chi connectivity index (χ3n) is 4.45. The first-order chi connectivity index (χ1) is 13.1. The summed E-state index contributed by atoms with van der Waals surface area (Å²) >= 11 is 0. The van der Waals surface area contributed by atoms with Gasteiger partial charge in [-0.3, -0.25) is 20.2 Å². The number of imide groups is 2. The van der Waals surface area contributed by atoms with Crippen LogP contribution in [0.15, 0.2) is 23.8 Å². The van der Waals surface area contributed by atoms with E-state index in [1.165, 1.54) is 0 Å². The van der Waals surface area contributed by atoms with Gasteiger partial charge in [0.1, 0.15) is 5.54 Å². The van der Waals surface area contributed by atoms with Crippen molar-refractivity contribution in [1.82, 2.24) is 26.0 Å². The van der Waals surface area contributed by atoms with Crippen LogP contribution in [0, 0.1) is 17.8 Å². The SMILES string of the molecule is CS(=O)(=O)NCC1(C2C=CC(C#CC3NC(=O)NC3=O)=CC2)NC(=O)NC1=O. The van der Waals surface area contributed by atoms with Crippen molar-refractivity contribution >= 4 is 33.9 Å². The normalized spacial score (nSPS) is 29.2. The van der Waals surface area contributed by atoms with Gasteiger partial charge in [0, 0.05) is 18.0 Å². The van der Waals surface area contributed by atoms with Gasteiger partial charge >= 0.3 is 12.1 Å². The molecule has 3 rings (SSSR count). The molecule has 0 saturated carbocycles. The summed E-state index contributed by atoms with van der Waals surface area (Å²) in [5, 5.41) is 9.07. The van der Waals surface area contributed by atoms with Crippen molar-refractivity contribution < 1.29 is 27.6 Å². The molecule has 2 heterocycles. The second kappa shape index (κ2) is 7.10. The molecule has 0 aromatic heterocycles. The number of sulfonamides is 1. The summed E-state index contributed by atoms with van der Waals surface area (Å²) in [6, 6.07) is -2.25. The maximum atomic E-state index is 12.4. The molecule has 148 valence electrons. The van der Waals surface area contributed by atoms with E-state index < -0.39 is 51.4 Å². The zero-order chi connectivity index (χ0) is 20.5. The lowest BCUT2D eigenvalue weighted by Gasteiger charge is -2.33. The van der Waals surface area contributed by atoms with E-state index in [1.807, 2.05) is 0 Å². The average molecular weight is 407 g/mol. The second-order valence-electron chi connectivity index (χ2n) is 6.50. The number of hydrogen-bond acceptors (Lipinski definition) is 6. The van der Waals surface area contributed by atoms with Gasteiger partial charge in [-0.15, -0.1) is 0 Å². The quantitative estimate of drug-likeness (QED) is 0.263. The Morgan fingerprint density at radius 2 is 1.96 bits per heavy atom. The van der Waals surface area contributed by atoms with E-state index in [2.05, 4.69) is 37.8 Å². The van der Waals surface area contributed by atoms with Gasteiger partial charge in [0.05, 0.1) is 6.26 Å². The standard InChI is InChI=1S/C16H17N5O6S/c1-28(26,27)17-8-16(13(23)20-15(25)21-16)10-5-2-9(3-6-10)4-7-11-12(22)19-14(24)18-11/h2-3,5,10-11,17H,6,8H2,1H3,(H2,18,19,22,24)(H2,20,21,23,25). The smallest absolute Gasteiger partial charge is 0.321 e. The Labute approximate surface area is 160 Å². The van der Waals surface area contributed by atoms with Crippen LogP contribution in [-0.4, -0.2) is 56.7 Å².